The van der Waals surface area contributed by atoms with E-state index in [-0.39, 0.29) is 4.83 Å². The third-order valence-electron chi connectivity index (χ3n) is 2.80. The van der Waals surface area contributed by atoms with Crippen LogP contribution in [-0.2, 0) is 0 Å². The van der Waals surface area contributed by atoms with Crippen molar-refractivity contribution in [2.75, 3.05) is 0 Å². The molecule has 0 aliphatic rings. The van der Waals surface area contributed by atoms with E-state index in [9.17, 15) is 0 Å². The highest BCUT2D eigenvalue weighted by Crippen LogP contribution is 2.43. The number of hydrogen-bond acceptors (Lipinski definition) is 0. The Morgan fingerprint density at radius 1 is 1.00 bits per heavy atom. The lowest BCUT2D eigenvalue weighted by Crippen LogP contribution is -1.97. The minimum atomic E-state index is -0.0695. The van der Waals surface area contributed by atoms with E-state index in [2.05, 4.69) is 59.9 Å². The van der Waals surface area contributed by atoms with Crippen LogP contribution in [0.4, 0.5) is 0 Å². The average Bonchev–Trinajstić information content (AvgIpc) is 2.33. The second kappa shape index (κ2) is 6.48. The van der Waals surface area contributed by atoms with Gasteiger partial charge in [0.25, 0.3) is 0 Å². The SMILES string of the molecule is Cc1cc(Br)c(C(Br)c2c(Cl)cccc2Cl)cc1Br. The normalized spacial score (nSPS) is 12.5. The first-order valence-corrected chi connectivity index (χ1v) is 8.71. The Hall–Kier alpha value is 0.460. The van der Waals surface area contributed by atoms with Gasteiger partial charge in [0.15, 0.2) is 0 Å². The van der Waals surface area contributed by atoms with Crippen molar-refractivity contribution in [2.24, 2.45) is 0 Å². The van der Waals surface area contributed by atoms with Crippen LogP contribution >= 0.6 is 71.0 Å². The highest BCUT2D eigenvalue weighted by molar-refractivity contribution is 9.11. The molecule has 0 amide bonds. The van der Waals surface area contributed by atoms with Crippen molar-refractivity contribution in [3.8, 4) is 0 Å². The Morgan fingerprint density at radius 2 is 1.58 bits per heavy atom. The molecule has 2 aromatic rings. The van der Waals surface area contributed by atoms with Crippen LogP contribution in [0.5, 0.6) is 0 Å². The van der Waals surface area contributed by atoms with Gasteiger partial charge in [0.2, 0.25) is 0 Å². The zero-order valence-corrected chi connectivity index (χ0v) is 16.1. The van der Waals surface area contributed by atoms with Crippen molar-refractivity contribution in [1.29, 1.82) is 0 Å². The maximum Gasteiger partial charge on any atom is 0.0685 e. The Bertz CT molecular complexity index is 606. The summed E-state index contributed by atoms with van der Waals surface area (Å²) < 4.78 is 2.07. The van der Waals surface area contributed by atoms with Crippen LogP contribution in [0.1, 0.15) is 21.5 Å². The summed E-state index contributed by atoms with van der Waals surface area (Å²) in [4.78, 5) is -0.0695. The van der Waals surface area contributed by atoms with Gasteiger partial charge in [-0.1, -0.05) is 77.1 Å². The fraction of sp³-hybridized carbons (Fsp3) is 0.143. The quantitative estimate of drug-likeness (QED) is 0.390. The molecular formula is C14H9Br3Cl2. The molecule has 0 saturated heterocycles. The molecule has 0 radical (unpaired) electrons. The van der Waals surface area contributed by atoms with Gasteiger partial charge in [-0.25, -0.2) is 0 Å². The molecule has 1 atom stereocenters. The minimum absolute atomic E-state index is 0.0695. The molecule has 0 fully saturated rings. The number of rotatable bonds is 2. The molecule has 2 aromatic carbocycles. The highest BCUT2D eigenvalue weighted by Gasteiger charge is 2.20. The molecule has 0 nitrogen and oxygen atoms in total. The van der Waals surface area contributed by atoms with E-state index in [4.69, 9.17) is 23.2 Å². The van der Waals surface area contributed by atoms with Gasteiger partial charge in [-0.2, -0.15) is 0 Å². The van der Waals surface area contributed by atoms with E-state index in [1.165, 1.54) is 5.56 Å². The van der Waals surface area contributed by atoms with Gasteiger partial charge in [-0.05, 0) is 42.3 Å². The standard InChI is InChI=1S/C14H9Br3Cl2/c1-7-5-10(16)8(6-9(7)15)14(17)13-11(18)3-2-4-12(13)19/h2-6,14H,1H3. The van der Waals surface area contributed by atoms with Gasteiger partial charge in [-0.15, -0.1) is 0 Å². The molecule has 0 bridgehead atoms. The first kappa shape index (κ1) is 15.8. The third kappa shape index (κ3) is 3.38. The molecule has 1 unspecified atom stereocenters. The summed E-state index contributed by atoms with van der Waals surface area (Å²) >= 11 is 23.3. The first-order valence-electron chi connectivity index (χ1n) is 5.45. The van der Waals surface area contributed by atoms with Gasteiger partial charge in [0.05, 0.1) is 4.83 Å². The lowest BCUT2D eigenvalue weighted by Gasteiger charge is -2.17. The van der Waals surface area contributed by atoms with Crippen molar-refractivity contribution in [2.45, 2.75) is 11.8 Å². The van der Waals surface area contributed by atoms with Crippen molar-refractivity contribution in [3.63, 3.8) is 0 Å². The van der Waals surface area contributed by atoms with Crippen molar-refractivity contribution in [1.82, 2.24) is 0 Å². The molecule has 0 spiro atoms. The predicted molar refractivity (Wildman–Crippen MR) is 93.8 cm³/mol. The summed E-state index contributed by atoms with van der Waals surface area (Å²) in [5, 5.41) is 1.30. The van der Waals surface area contributed by atoms with Crippen molar-refractivity contribution >= 4 is 71.0 Å². The van der Waals surface area contributed by atoms with E-state index in [0.717, 1.165) is 20.1 Å². The molecule has 0 aromatic heterocycles. The van der Waals surface area contributed by atoms with Crippen LogP contribution in [-0.4, -0.2) is 0 Å². The summed E-state index contributed by atoms with van der Waals surface area (Å²) in [6.07, 6.45) is 0. The highest BCUT2D eigenvalue weighted by atomic mass is 79.9. The lowest BCUT2D eigenvalue weighted by molar-refractivity contribution is 1.15. The topological polar surface area (TPSA) is 0 Å². The number of aryl methyl sites for hydroxylation is 1. The largest absolute Gasteiger partial charge is 0.0839 e. The van der Waals surface area contributed by atoms with Crippen LogP contribution < -0.4 is 0 Å². The van der Waals surface area contributed by atoms with E-state index < -0.39 is 0 Å². The molecule has 0 N–H and O–H groups in total. The second-order valence-corrected chi connectivity index (χ2v) is 7.56. The fourth-order valence-corrected chi connectivity index (χ4v) is 4.87. The molecule has 0 saturated carbocycles. The average molecular weight is 488 g/mol. The zero-order chi connectivity index (χ0) is 14.2. The van der Waals surface area contributed by atoms with Gasteiger partial charge in [0.1, 0.15) is 0 Å². The molecule has 2 rings (SSSR count). The molecule has 0 aliphatic heterocycles. The van der Waals surface area contributed by atoms with Crippen molar-refractivity contribution in [3.05, 3.63) is 66.0 Å². The number of alkyl halides is 1. The molecule has 0 heterocycles. The van der Waals surface area contributed by atoms with Crippen LogP contribution in [0.2, 0.25) is 10.0 Å². The van der Waals surface area contributed by atoms with E-state index in [0.29, 0.717) is 10.0 Å². The van der Waals surface area contributed by atoms with Gasteiger partial charge in [-0.3, -0.25) is 0 Å². The minimum Gasteiger partial charge on any atom is -0.0839 e. The molecular weight excluding hydrogens is 479 g/mol. The third-order valence-corrected chi connectivity index (χ3v) is 5.96. The maximum absolute atomic E-state index is 6.26. The summed E-state index contributed by atoms with van der Waals surface area (Å²) in [6.45, 7) is 2.05. The fourth-order valence-electron chi connectivity index (χ4n) is 1.76. The molecule has 0 aliphatic carbocycles. The Labute approximate surface area is 147 Å². The van der Waals surface area contributed by atoms with Crippen molar-refractivity contribution < 1.29 is 0 Å². The van der Waals surface area contributed by atoms with E-state index >= 15 is 0 Å². The number of benzene rings is 2. The molecule has 100 valence electrons. The van der Waals surface area contributed by atoms with E-state index in [1.54, 1.807) is 0 Å². The molecule has 5 heteroatoms. The molecule has 19 heavy (non-hydrogen) atoms. The second-order valence-electron chi connectivity index (χ2n) is 4.12. The van der Waals surface area contributed by atoms with E-state index in [1.807, 2.05) is 25.1 Å². The zero-order valence-electron chi connectivity index (χ0n) is 9.85. The van der Waals surface area contributed by atoms with Gasteiger partial charge in [0, 0.05) is 24.6 Å². The van der Waals surface area contributed by atoms with Gasteiger partial charge < -0.3 is 0 Å². The lowest BCUT2D eigenvalue weighted by atomic mass is 10.0. The van der Waals surface area contributed by atoms with Crippen LogP contribution in [0.15, 0.2) is 39.3 Å². The Kier molecular flexibility index (Phi) is 5.41. The van der Waals surface area contributed by atoms with Gasteiger partial charge >= 0.3 is 0 Å². The Balaban J connectivity index is 2.56. The summed E-state index contributed by atoms with van der Waals surface area (Å²) in [5.41, 5.74) is 3.12. The number of hydrogen-bond donors (Lipinski definition) is 0. The smallest absolute Gasteiger partial charge is 0.0685 e. The van der Waals surface area contributed by atoms with Crippen LogP contribution in [0.25, 0.3) is 0 Å². The van der Waals surface area contributed by atoms with Crippen LogP contribution in [0, 0.1) is 6.92 Å². The summed E-state index contributed by atoms with van der Waals surface area (Å²) in [6, 6.07) is 9.66. The summed E-state index contributed by atoms with van der Waals surface area (Å²) in [5.74, 6) is 0. The maximum atomic E-state index is 6.26. The number of halogens is 5. The predicted octanol–water partition coefficient (Wildman–Crippen LogP) is 7.31. The Morgan fingerprint density at radius 3 is 2.16 bits per heavy atom. The van der Waals surface area contributed by atoms with Crippen LogP contribution in [0.3, 0.4) is 0 Å². The monoisotopic (exact) mass is 484 g/mol. The summed E-state index contributed by atoms with van der Waals surface area (Å²) in [7, 11) is 0. The first-order chi connectivity index (χ1) is 8.91.